The highest BCUT2D eigenvalue weighted by atomic mass is 19.3. The summed E-state index contributed by atoms with van der Waals surface area (Å²) in [6.45, 7) is 0.383. The van der Waals surface area contributed by atoms with E-state index in [0.29, 0.717) is 20.0 Å². The standard InChI is InChI=1S/C9H13F4N.CH3F/c10-8(11)7-9(12,13)14-5-3-1-2-4-6-14;1-2/h7H,1-6H2;1H3. The van der Waals surface area contributed by atoms with Crippen molar-refractivity contribution in [3.63, 3.8) is 0 Å². The molecule has 0 amide bonds. The van der Waals surface area contributed by atoms with Crippen molar-refractivity contribution >= 4 is 0 Å². The third-order valence-electron chi connectivity index (χ3n) is 2.31. The molecule has 0 N–H and O–H groups in total. The van der Waals surface area contributed by atoms with E-state index in [0.717, 1.165) is 17.7 Å². The molecule has 1 aliphatic heterocycles. The predicted octanol–water partition coefficient (Wildman–Crippen LogP) is 3.82. The van der Waals surface area contributed by atoms with Gasteiger partial charge in [-0.2, -0.15) is 17.6 Å². The molecule has 1 heterocycles. The first-order valence-electron chi connectivity index (χ1n) is 5.07. The number of rotatable bonds is 2. The van der Waals surface area contributed by atoms with Crippen LogP contribution in [0.2, 0.25) is 0 Å². The molecule has 0 aromatic carbocycles. The Kier molecular flexibility index (Phi) is 7.29. The Balaban J connectivity index is 0.00000106. The van der Waals surface area contributed by atoms with Gasteiger partial charge in [-0.05, 0) is 12.8 Å². The van der Waals surface area contributed by atoms with Crippen molar-refractivity contribution in [2.24, 2.45) is 0 Å². The molecule has 0 aromatic rings. The molecule has 0 aliphatic carbocycles. The molecule has 6 heteroatoms. The zero-order valence-corrected chi connectivity index (χ0v) is 9.16. The molecular formula is C10H16F5N. The van der Waals surface area contributed by atoms with Gasteiger partial charge in [0.25, 0.3) is 6.08 Å². The zero-order valence-electron chi connectivity index (χ0n) is 9.16. The van der Waals surface area contributed by atoms with Crippen LogP contribution in [-0.2, 0) is 0 Å². The number of alkyl halides is 3. The van der Waals surface area contributed by atoms with Crippen molar-refractivity contribution in [1.29, 1.82) is 0 Å². The lowest BCUT2D eigenvalue weighted by molar-refractivity contribution is -0.104. The molecular weight excluding hydrogens is 229 g/mol. The SMILES string of the molecule is CF.FC(F)=CC(F)(F)N1CCCCCC1. The maximum absolute atomic E-state index is 13.1. The van der Waals surface area contributed by atoms with Crippen LogP contribution >= 0.6 is 0 Å². The van der Waals surface area contributed by atoms with Crippen molar-refractivity contribution < 1.29 is 22.0 Å². The van der Waals surface area contributed by atoms with Crippen LogP contribution in [0.1, 0.15) is 25.7 Å². The molecule has 0 atom stereocenters. The van der Waals surface area contributed by atoms with Gasteiger partial charge in [-0.1, -0.05) is 12.8 Å². The molecule has 96 valence electrons. The molecule has 0 aromatic heterocycles. The summed E-state index contributed by atoms with van der Waals surface area (Å²) in [5.74, 6) is 0. The van der Waals surface area contributed by atoms with E-state index >= 15 is 0 Å². The molecule has 1 saturated heterocycles. The molecule has 1 fully saturated rings. The van der Waals surface area contributed by atoms with E-state index in [2.05, 4.69) is 0 Å². The second-order valence-corrected chi connectivity index (χ2v) is 3.42. The third-order valence-corrected chi connectivity index (χ3v) is 2.31. The molecule has 1 rings (SSSR count). The Bertz CT molecular complexity index is 205. The predicted molar refractivity (Wildman–Crippen MR) is 52.3 cm³/mol. The van der Waals surface area contributed by atoms with Gasteiger partial charge < -0.3 is 0 Å². The van der Waals surface area contributed by atoms with Crippen LogP contribution in [0, 0.1) is 0 Å². The number of halogens is 5. The van der Waals surface area contributed by atoms with Crippen molar-refractivity contribution in [3.05, 3.63) is 12.2 Å². The fourth-order valence-electron chi connectivity index (χ4n) is 1.59. The maximum Gasteiger partial charge on any atom is 0.330 e. The van der Waals surface area contributed by atoms with Gasteiger partial charge in [0.2, 0.25) is 0 Å². The van der Waals surface area contributed by atoms with Gasteiger partial charge in [0, 0.05) is 13.1 Å². The molecule has 0 bridgehead atoms. The Morgan fingerprint density at radius 1 is 1.00 bits per heavy atom. The monoisotopic (exact) mass is 245 g/mol. The summed E-state index contributed by atoms with van der Waals surface area (Å²) in [4.78, 5) is 0.819. The Labute approximate surface area is 91.9 Å². The van der Waals surface area contributed by atoms with Gasteiger partial charge in [0.05, 0.1) is 13.3 Å². The van der Waals surface area contributed by atoms with E-state index in [1.54, 1.807) is 0 Å². The number of hydrogen-bond acceptors (Lipinski definition) is 1. The summed E-state index contributed by atoms with van der Waals surface area (Å²) < 4.78 is 59.2. The summed E-state index contributed by atoms with van der Waals surface area (Å²) >= 11 is 0. The third kappa shape index (κ3) is 5.44. The van der Waals surface area contributed by atoms with Crippen LogP contribution in [-0.4, -0.2) is 31.2 Å². The van der Waals surface area contributed by atoms with Crippen LogP contribution in [0.25, 0.3) is 0 Å². The van der Waals surface area contributed by atoms with Crippen LogP contribution in [0.5, 0.6) is 0 Å². The van der Waals surface area contributed by atoms with Gasteiger partial charge >= 0.3 is 6.05 Å². The summed E-state index contributed by atoms with van der Waals surface area (Å²) in [6, 6.07) is -3.50. The lowest BCUT2D eigenvalue weighted by atomic mass is 10.2. The highest BCUT2D eigenvalue weighted by Gasteiger charge is 2.35. The van der Waals surface area contributed by atoms with Crippen molar-refractivity contribution in [2.45, 2.75) is 31.7 Å². The summed E-state index contributed by atoms with van der Waals surface area (Å²) in [7, 11) is 0.500. The Hall–Kier alpha value is -0.650. The van der Waals surface area contributed by atoms with E-state index in [9.17, 15) is 22.0 Å². The average Bonchev–Trinajstić information content (AvgIpc) is 2.47. The van der Waals surface area contributed by atoms with Gasteiger partial charge in [0.15, 0.2) is 0 Å². The van der Waals surface area contributed by atoms with Gasteiger partial charge in [-0.25, -0.2) is 4.90 Å². The van der Waals surface area contributed by atoms with Gasteiger partial charge in [-0.3, -0.25) is 4.39 Å². The van der Waals surface area contributed by atoms with E-state index in [1.807, 2.05) is 0 Å². The Morgan fingerprint density at radius 3 is 1.81 bits per heavy atom. The van der Waals surface area contributed by atoms with Crippen molar-refractivity contribution in [2.75, 3.05) is 20.3 Å². The normalized spacial score (nSPS) is 18.1. The highest BCUT2D eigenvalue weighted by Crippen LogP contribution is 2.26. The second-order valence-electron chi connectivity index (χ2n) is 3.42. The minimum absolute atomic E-state index is 0.191. The quantitative estimate of drug-likeness (QED) is 0.528. The zero-order chi connectivity index (χ0) is 12.6. The van der Waals surface area contributed by atoms with Gasteiger partial charge in [0.1, 0.15) is 0 Å². The number of nitrogens with zero attached hydrogens (tertiary/aromatic N) is 1. The first kappa shape index (κ1) is 15.3. The average molecular weight is 245 g/mol. The lowest BCUT2D eigenvalue weighted by Crippen LogP contribution is -2.40. The lowest BCUT2D eigenvalue weighted by Gasteiger charge is -2.26. The minimum atomic E-state index is -3.50. The molecule has 16 heavy (non-hydrogen) atoms. The highest BCUT2D eigenvalue weighted by molar-refractivity contribution is 4.94. The van der Waals surface area contributed by atoms with Crippen molar-refractivity contribution in [1.82, 2.24) is 4.90 Å². The molecule has 0 spiro atoms. The molecule has 0 saturated carbocycles. The van der Waals surface area contributed by atoms with Gasteiger partial charge in [-0.15, -0.1) is 0 Å². The van der Waals surface area contributed by atoms with Crippen LogP contribution in [0.3, 0.4) is 0 Å². The molecule has 0 unspecified atom stereocenters. The van der Waals surface area contributed by atoms with E-state index in [1.165, 1.54) is 0 Å². The maximum atomic E-state index is 13.1. The van der Waals surface area contributed by atoms with Crippen molar-refractivity contribution in [3.8, 4) is 0 Å². The van der Waals surface area contributed by atoms with E-state index in [-0.39, 0.29) is 19.2 Å². The number of hydrogen-bond donors (Lipinski definition) is 0. The molecule has 1 aliphatic rings. The second kappa shape index (κ2) is 7.60. The minimum Gasteiger partial charge on any atom is -0.255 e. The van der Waals surface area contributed by atoms with Crippen LogP contribution in [0.4, 0.5) is 22.0 Å². The Morgan fingerprint density at radius 2 is 1.44 bits per heavy atom. The summed E-state index contributed by atoms with van der Waals surface area (Å²) in [5.41, 5.74) is 0. The summed E-state index contributed by atoms with van der Waals surface area (Å²) in [6.07, 6.45) is 0.509. The molecule has 0 radical (unpaired) electrons. The topological polar surface area (TPSA) is 3.24 Å². The largest absolute Gasteiger partial charge is 0.330 e. The number of likely N-dealkylation sites (tertiary alicyclic amines) is 1. The summed E-state index contributed by atoms with van der Waals surface area (Å²) in [5, 5.41) is 0. The first-order valence-corrected chi connectivity index (χ1v) is 5.07. The first-order chi connectivity index (χ1) is 7.52. The van der Waals surface area contributed by atoms with E-state index in [4.69, 9.17) is 0 Å². The smallest absolute Gasteiger partial charge is 0.255 e. The molecule has 1 nitrogen and oxygen atoms in total. The van der Waals surface area contributed by atoms with Crippen LogP contribution < -0.4 is 0 Å². The van der Waals surface area contributed by atoms with Crippen LogP contribution in [0.15, 0.2) is 12.2 Å². The fraction of sp³-hybridized carbons (Fsp3) is 0.800. The fourth-order valence-corrected chi connectivity index (χ4v) is 1.59. The van der Waals surface area contributed by atoms with E-state index < -0.39 is 12.1 Å².